The first-order valence-corrected chi connectivity index (χ1v) is 9.98. The first-order chi connectivity index (χ1) is 12.4. The van der Waals surface area contributed by atoms with Crippen molar-refractivity contribution < 1.29 is 4.79 Å². The van der Waals surface area contributed by atoms with E-state index in [1.165, 1.54) is 11.8 Å². The fraction of sp³-hybridized carbons (Fsp3) is 0.474. The van der Waals surface area contributed by atoms with Crippen LogP contribution in [0.15, 0.2) is 29.4 Å². The van der Waals surface area contributed by atoms with Gasteiger partial charge in [-0.05, 0) is 25.0 Å². The van der Waals surface area contributed by atoms with E-state index in [1.807, 2.05) is 33.6 Å². The van der Waals surface area contributed by atoms with Gasteiger partial charge in [0.1, 0.15) is 5.82 Å². The van der Waals surface area contributed by atoms with Gasteiger partial charge in [-0.3, -0.25) is 9.20 Å². The molecule has 0 atom stereocenters. The lowest BCUT2D eigenvalue weighted by molar-refractivity contribution is -0.127. The zero-order chi connectivity index (χ0) is 18.3. The second kappa shape index (κ2) is 6.54. The Kier molecular flexibility index (Phi) is 4.34. The molecule has 6 nitrogen and oxygen atoms in total. The predicted octanol–water partition coefficient (Wildman–Crippen LogP) is 3.29. The molecule has 0 unspecified atom stereocenters. The predicted molar refractivity (Wildman–Crippen MR) is 104 cm³/mol. The zero-order valence-electron chi connectivity index (χ0n) is 15.4. The zero-order valence-corrected chi connectivity index (χ0v) is 16.2. The van der Waals surface area contributed by atoms with Crippen LogP contribution in [0.5, 0.6) is 0 Å². The summed E-state index contributed by atoms with van der Waals surface area (Å²) < 4.78 is 2.02. The standard InChI is InChI=1S/C19H23N5OS/c1-19(2,3)17-20-14-9-5-4-8-13(14)16-21-22-18(24(16)17)26-12-15(25)23-10-6-7-11-23/h4-5,8-9H,6-7,10-12H2,1-3H3. The van der Waals surface area contributed by atoms with Gasteiger partial charge in [0.05, 0.1) is 11.3 Å². The van der Waals surface area contributed by atoms with Gasteiger partial charge >= 0.3 is 0 Å². The summed E-state index contributed by atoms with van der Waals surface area (Å²) >= 11 is 1.45. The third-order valence-corrected chi connectivity index (χ3v) is 5.58. The average Bonchev–Trinajstić information content (AvgIpc) is 3.28. The molecule has 1 aromatic carbocycles. The number of carbonyl (C=O) groups is 1. The number of para-hydroxylation sites is 1. The maximum Gasteiger partial charge on any atom is 0.233 e. The summed E-state index contributed by atoms with van der Waals surface area (Å²) in [7, 11) is 0. The van der Waals surface area contributed by atoms with Crippen molar-refractivity contribution in [1.82, 2.24) is 24.5 Å². The lowest BCUT2D eigenvalue weighted by Gasteiger charge is -2.21. The van der Waals surface area contributed by atoms with Crippen molar-refractivity contribution in [2.75, 3.05) is 18.8 Å². The number of thioether (sulfide) groups is 1. The molecule has 0 aliphatic carbocycles. The molecule has 1 saturated heterocycles. The largest absolute Gasteiger partial charge is 0.342 e. The monoisotopic (exact) mass is 369 g/mol. The fourth-order valence-electron chi connectivity index (χ4n) is 3.34. The van der Waals surface area contributed by atoms with Crippen molar-refractivity contribution in [2.45, 2.75) is 44.2 Å². The summed E-state index contributed by atoms with van der Waals surface area (Å²) in [5.74, 6) is 1.47. The van der Waals surface area contributed by atoms with Gasteiger partial charge in [0.2, 0.25) is 5.91 Å². The molecule has 136 valence electrons. The Bertz CT molecular complexity index is 969. The van der Waals surface area contributed by atoms with Gasteiger partial charge in [-0.2, -0.15) is 0 Å². The number of benzene rings is 1. The summed E-state index contributed by atoms with van der Waals surface area (Å²) in [6, 6.07) is 7.99. The molecule has 3 heterocycles. The minimum Gasteiger partial charge on any atom is -0.342 e. The molecule has 0 saturated carbocycles. The second-order valence-corrected chi connectivity index (χ2v) is 8.66. The molecule has 2 aromatic heterocycles. The van der Waals surface area contributed by atoms with E-state index in [9.17, 15) is 4.79 Å². The number of hydrogen-bond donors (Lipinski definition) is 0. The lowest BCUT2D eigenvalue weighted by Crippen LogP contribution is -2.29. The van der Waals surface area contributed by atoms with Crippen molar-refractivity contribution in [3.05, 3.63) is 30.1 Å². The van der Waals surface area contributed by atoms with Crippen LogP contribution in [-0.4, -0.2) is 49.2 Å². The van der Waals surface area contributed by atoms with E-state index >= 15 is 0 Å². The number of amides is 1. The number of likely N-dealkylation sites (tertiary alicyclic amines) is 1. The van der Waals surface area contributed by atoms with Crippen LogP contribution in [-0.2, 0) is 10.2 Å². The van der Waals surface area contributed by atoms with Crippen molar-refractivity contribution in [3.8, 4) is 0 Å². The average molecular weight is 369 g/mol. The molecule has 1 aliphatic rings. The Labute approximate surface area is 157 Å². The second-order valence-electron chi connectivity index (χ2n) is 7.72. The van der Waals surface area contributed by atoms with E-state index in [-0.39, 0.29) is 11.3 Å². The molecule has 7 heteroatoms. The van der Waals surface area contributed by atoms with Crippen molar-refractivity contribution in [2.24, 2.45) is 0 Å². The van der Waals surface area contributed by atoms with E-state index in [0.717, 1.165) is 53.5 Å². The van der Waals surface area contributed by atoms with Gasteiger partial charge in [0, 0.05) is 23.9 Å². The number of aromatic nitrogens is 4. The number of nitrogens with zero attached hydrogens (tertiary/aromatic N) is 5. The Morgan fingerprint density at radius 3 is 2.62 bits per heavy atom. The van der Waals surface area contributed by atoms with E-state index in [2.05, 4.69) is 31.0 Å². The Morgan fingerprint density at radius 2 is 1.88 bits per heavy atom. The maximum atomic E-state index is 12.4. The third kappa shape index (κ3) is 3.05. The Hall–Kier alpha value is -2.15. The lowest BCUT2D eigenvalue weighted by atomic mass is 9.95. The molecular weight excluding hydrogens is 346 g/mol. The highest BCUT2D eigenvalue weighted by atomic mass is 32.2. The highest BCUT2D eigenvalue weighted by molar-refractivity contribution is 7.99. The van der Waals surface area contributed by atoms with Crippen LogP contribution in [0, 0.1) is 0 Å². The van der Waals surface area contributed by atoms with Crippen LogP contribution in [0.4, 0.5) is 0 Å². The molecule has 26 heavy (non-hydrogen) atoms. The van der Waals surface area contributed by atoms with Crippen LogP contribution < -0.4 is 0 Å². The van der Waals surface area contributed by atoms with Crippen LogP contribution in [0.2, 0.25) is 0 Å². The normalized spacial score (nSPS) is 15.3. The molecule has 0 bridgehead atoms. The first kappa shape index (κ1) is 17.3. The molecular formula is C19H23N5OS. The number of carbonyl (C=O) groups excluding carboxylic acids is 1. The molecule has 0 N–H and O–H groups in total. The van der Waals surface area contributed by atoms with E-state index in [0.29, 0.717) is 5.75 Å². The topological polar surface area (TPSA) is 63.4 Å². The van der Waals surface area contributed by atoms with Gasteiger partial charge in [-0.15, -0.1) is 10.2 Å². The van der Waals surface area contributed by atoms with E-state index in [4.69, 9.17) is 4.98 Å². The minimum absolute atomic E-state index is 0.168. The summed E-state index contributed by atoms with van der Waals surface area (Å²) in [4.78, 5) is 19.2. The number of rotatable bonds is 3. The van der Waals surface area contributed by atoms with Crippen LogP contribution >= 0.6 is 11.8 Å². The summed E-state index contributed by atoms with van der Waals surface area (Å²) in [6.07, 6.45) is 2.21. The summed E-state index contributed by atoms with van der Waals surface area (Å²) in [5.41, 5.74) is 1.55. The summed E-state index contributed by atoms with van der Waals surface area (Å²) in [5, 5.41) is 10.5. The highest BCUT2D eigenvalue weighted by Gasteiger charge is 2.25. The molecule has 1 aliphatic heterocycles. The molecule has 1 amide bonds. The molecule has 0 spiro atoms. The number of hydrogen-bond acceptors (Lipinski definition) is 5. The van der Waals surface area contributed by atoms with Crippen molar-refractivity contribution >= 4 is 34.2 Å². The van der Waals surface area contributed by atoms with Crippen LogP contribution in [0.1, 0.15) is 39.4 Å². The van der Waals surface area contributed by atoms with Gasteiger partial charge in [0.15, 0.2) is 10.8 Å². The van der Waals surface area contributed by atoms with E-state index < -0.39 is 0 Å². The minimum atomic E-state index is -0.168. The molecule has 1 fully saturated rings. The van der Waals surface area contributed by atoms with Gasteiger partial charge in [-0.1, -0.05) is 44.7 Å². The number of fused-ring (bicyclic) bond motifs is 3. The van der Waals surface area contributed by atoms with Gasteiger partial charge in [0.25, 0.3) is 0 Å². The molecule has 3 aromatic rings. The maximum absolute atomic E-state index is 12.4. The fourth-order valence-corrected chi connectivity index (χ4v) is 4.18. The summed E-state index contributed by atoms with van der Waals surface area (Å²) in [6.45, 7) is 8.15. The Balaban J connectivity index is 1.75. The Morgan fingerprint density at radius 1 is 1.15 bits per heavy atom. The third-order valence-electron chi connectivity index (χ3n) is 4.67. The molecule has 4 rings (SSSR count). The van der Waals surface area contributed by atoms with Gasteiger partial charge < -0.3 is 4.90 Å². The smallest absolute Gasteiger partial charge is 0.233 e. The molecule has 0 radical (unpaired) electrons. The van der Waals surface area contributed by atoms with Crippen molar-refractivity contribution in [3.63, 3.8) is 0 Å². The van der Waals surface area contributed by atoms with Crippen LogP contribution in [0.3, 0.4) is 0 Å². The highest BCUT2D eigenvalue weighted by Crippen LogP contribution is 2.30. The van der Waals surface area contributed by atoms with Gasteiger partial charge in [-0.25, -0.2) is 4.98 Å². The SMILES string of the molecule is CC(C)(C)c1nc2ccccc2c2nnc(SCC(=O)N3CCCC3)n12. The van der Waals surface area contributed by atoms with Crippen LogP contribution in [0.25, 0.3) is 16.6 Å². The van der Waals surface area contributed by atoms with E-state index in [1.54, 1.807) is 0 Å². The van der Waals surface area contributed by atoms with Crippen molar-refractivity contribution in [1.29, 1.82) is 0 Å². The quantitative estimate of drug-likeness (QED) is 0.663. The first-order valence-electron chi connectivity index (χ1n) is 9.00.